The Morgan fingerprint density at radius 1 is 1.42 bits per heavy atom. The van der Waals surface area contributed by atoms with Gasteiger partial charge in [0.2, 0.25) is 0 Å². The largest absolute Gasteiger partial charge is 0.391 e. The fourth-order valence-electron chi connectivity index (χ4n) is 1.19. The molecular weight excluding hydrogens is 160 g/mol. The van der Waals surface area contributed by atoms with E-state index in [1.54, 1.807) is 13.8 Å². The molecule has 0 aliphatic carbocycles. The fourth-order valence-corrected chi connectivity index (χ4v) is 1.19. The number of ether oxygens (including phenoxy) is 2. The van der Waals surface area contributed by atoms with E-state index in [9.17, 15) is 5.11 Å². The van der Waals surface area contributed by atoms with Crippen molar-refractivity contribution in [2.75, 3.05) is 6.61 Å². The monoisotopic (exact) mass is 176 g/mol. The molecule has 0 bridgehead atoms. The summed E-state index contributed by atoms with van der Waals surface area (Å²) in [7, 11) is 0. The molecule has 1 aliphatic heterocycles. The van der Waals surface area contributed by atoms with Crippen LogP contribution in [0.15, 0.2) is 0 Å². The summed E-state index contributed by atoms with van der Waals surface area (Å²) in [6.07, 6.45) is -2.07. The van der Waals surface area contributed by atoms with E-state index in [0.29, 0.717) is 6.61 Å². The molecule has 2 unspecified atom stereocenters. The van der Waals surface area contributed by atoms with Crippen LogP contribution < -0.4 is 0 Å². The van der Waals surface area contributed by atoms with Crippen molar-refractivity contribution in [3.8, 4) is 0 Å². The van der Waals surface area contributed by atoms with Crippen molar-refractivity contribution in [3.05, 3.63) is 0 Å². The van der Waals surface area contributed by atoms with E-state index in [1.165, 1.54) is 6.92 Å². The molecule has 2 N–H and O–H groups in total. The summed E-state index contributed by atoms with van der Waals surface area (Å²) in [6.45, 7) is 5.42. The van der Waals surface area contributed by atoms with Gasteiger partial charge < -0.3 is 19.7 Å². The van der Waals surface area contributed by atoms with E-state index in [0.717, 1.165) is 0 Å². The van der Waals surface area contributed by atoms with E-state index in [2.05, 4.69) is 0 Å². The summed E-state index contributed by atoms with van der Waals surface area (Å²) in [5.41, 5.74) is 0. The van der Waals surface area contributed by atoms with Gasteiger partial charge in [-0.2, -0.15) is 0 Å². The first-order valence-electron chi connectivity index (χ1n) is 4.10. The smallest absolute Gasteiger partial charge is 0.163 e. The molecule has 4 nitrogen and oxygen atoms in total. The van der Waals surface area contributed by atoms with Gasteiger partial charge in [0.1, 0.15) is 12.2 Å². The lowest BCUT2D eigenvalue weighted by molar-refractivity contribution is -0.159. The number of aliphatic hydroxyl groups excluding tert-OH is 2. The number of hydrogen-bond acceptors (Lipinski definition) is 4. The summed E-state index contributed by atoms with van der Waals surface area (Å²) in [4.78, 5) is 0. The van der Waals surface area contributed by atoms with E-state index in [-0.39, 0.29) is 0 Å². The van der Waals surface area contributed by atoms with Gasteiger partial charge in [0.25, 0.3) is 0 Å². The maximum Gasteiger partial charge on any atom is 0.163 e. The van der Waals surface area contributed by atoms with E-state index < -0.39 is 24.1 Å². The molecule has 72 valence electrons. The summed E-state index contributed by atoms with van der Waals surface area (Å²) >= 11 is 0. The maximum atomic E-state index is 9.40. The second-order valence-electron chi connectivity index (χ2n) is 3.60. The molecular formula is C8H16O4. The molecule has 1 aliphatic rings. The molecule has 0 aromatic carbocycles. The summed E-state index contributed by atoms with van der Waals surface area (Å²) in [6, 6.07) is 0. The van der Waals surface area contributed by atoms with E-state index in [1.807, 2.05) is 0 Å². The molecule has 0 radical (unpaired) electrons. The zero-order valence-electron chi connectivity index (χ0n) is 7.65. The van der Waals surface area contributed by atoms with Gasteiger partial charge in [0.15, 0.2) is 5.79 Å². The van der Waals surface area contributed by atoms with Crippen LogP contribution in [0.3, 0.4) is 0 Å². The minimum atomic E-state index is -0.869. The molecule has 0 spiro atoms. The zero-order chi connectivity index (χ0) is 9.35. The lowest BCUT2D eigenvalue weighted by atomic mass is 10.1. The summed E-state index contributed by atoms with van der Waals surface area (Å²) in [5, 5.41) is 18.5. The quantitative estimate of drug-likeness (QED) is 0.616. The second-order valence-corrected chi connectivity index (χ2v) is 3.60. The Bertz CT molecular complexity index is 155. The number of aliphatic hydroxyl groups is 2. The highest BCUT2D eigenvalue weighted by Crippen LogP contribution is 2.24. The van der Waals surface area contributed by atoms with Gasteiger partial charge in [-0.25, -0.2) is 0 Å². The van der Waals surface area contributed by atoms with Gasteiger partial charge in [-0.15, -0.1) is 0 Å². The highest BCUT2D eigenvalue weighted by atomic mass is 16.7. The molecule has 3 atom stereocenters. The highest BCUT2D eigenvalue weighted by molar-refractivity contribution is 4.80. The van der Waals surface area contributed by atoms with Crippen LogP contribution in [0.5, 0.6) is 0 Å². The zero-order valence-corrected chi connectivity index (χ0v) is 7.65. The average Bonchev–Trinajstić information content (AvgIpc) is 2.28. The predicted octanol–water partition coefficient (Wildman–Crippen LogP) is -0.120. The van der Waals surface area contributed by atoms with Crippen LogP contribution in [0.4, 0.5) is 0 Å². The first-order chi connectivity index (χ1) is 5.42. The van der Waals surface area contributed by atoms with Gasteiger partial charge in [0.05, 0.1) is 12.7 Å². The molecule has 1 heterocycles. The minimum Gasteiger partial charge on any atom is -0.391 e. The Balaban J connectivity index is 2.47. The average molecular weight is 176 g/mol. The van der Waals surface area contributed by atoms with Crippen molar-refractivity contribution in [3.63, 3.8) is 0 Å². The number of rotatable bonds is 2. The Hall–Kier alpha value is -0.160. The van der Waals surface area contributed by atoms with Crippen LogP contribution >= 0.6 is 0 Å². The van der Waals surface area contributed by atoms with Crippen molar-refractivity contribution in [2.45, 2.75) is 44.9 Å². The van der Waals surface area contributed by atoms with E-state index >= 15 is 0 Å². The van der Waals surface area contributed by atoms with Crippen molar-refractivity contribution >= 4 is 0 Å². The van der Waals surface area contributed by atoms with Crippen molar-refractivity contribution in [1.29, 1.82) is 0 Å². The topological polar surface area (TPSA) is 58.9 Å². The van der Waals surface area contributed by atoms with Crippen molar-refractivity contribution in [1.82, 2.24) is 0 Å². The third-order valence-electron chi connectivity index (χ3n) is 1.91. The standard InChI is InChI=1S/C8H16O4/c1-5(9)7(10)6-4-11-8(2,3)12-6/h5-7,9-10H,4H2,1-3H3/t5?,6?,7-/m0/s1. The normalized spacial score (nSPS) is 33.2. The summed E-state index contributed by atoms with van der Waals surface area (Å²) < 4.78 is 10.6. The SMILES string of the molecule is CC(O)[C@H](O)C1COC(C)(C)O1. The van der Waals surface area contributed by atoms with Gasteiger partial charge in [0, 0.05) is 0 Å². The van der Waals surface area contributed by atoms with Crippen LogP contribution in [-0.4, -0.2) is 40.9 Å². The number of hydrogen-bond donors (Lipinski definition) is 2. The van der Waals surface area contributed by atoms with Gasteiger partial charge in [-0.3, -0.25) is 0 Å². The van der Waals surface area contributed by atoms with Crippen LogP contribution in [-0.2, 0) is 9.47 Å². The Morgan fingerprint density at radius 2 is 2.00 bits per heavy atom. The predicted molar refractivity (Wildman–Crippen MR) is 42.6 cm³/mol. The maximum absolute atomic E-state index is 9.40. The Labute approximate surface area is 72.1 Å². The molecule has 0 amide bonds. The fraction of sp³-hybridized carbons (Fsp3) is 1.00. The van der Waals surface area contributed by atoms with Crippen molar-refractivity contribution in [2.24, 2.45) is 0 Å². The molecule has 0 aromatic heterocycles. The highest BCUT2D eigenvalue weighted by Gasteiger charge is 2.38. The third-order valence-corrected chi connectivity index (χ3v) is 1.91. The van der Waals surface area contributed by atoms with Gasteiger partial charge >= 0.3 is 0 Å². The molecule has 12 heavy (non-hydrogen) atoms. The molecule has 0 saturated carbocycles. The van der Waals surface area contributed by atoms with Crippen LogP contribution in [0.25, 0.3) is 0 Å². The molecule has 1 rings (SSSR count). The Kier molecular flexibility index (Phi) is 2.73. The lowest BCUT2D eigenvalue weighted by Crippen LogP contribution is -2.38. The van der Waals surface area contributed by atoms with Gasteiger partial charge in [-0.05, 0) is 20.8 Å². The van der Waals surface area contributed by atoms with Gasteiger partial charge in [-0.1, -0.05) is 0 Å². The lowest BCUT2D eigenvalue weighted by Gasteiger charge is -2.21. The van der Waals surface area contributed by atoms with Crippen LogP contribution in [0.2, 0.25) is 0 Å². The minimum absolute atomic E-state index is 0.332. The van der Waals surface area contributed by atoms with Crippen LogP contribution in [0.1, 0.15) is 20.8 Å². The molecule has 1 fully saturated rings. The van der Waals surface area contributed by atoms with Crippen LogP contribution in [0, 0.1) is 0 Å². The summed E-state index contributed by atoms with van der Waals surface area (Å²) in [5.74, 6) is -0.638. The molecule has 1 saturated heterocycles. The van der Waals surface area contributed by atoms with E-state index in [4.69, 9.17) is 14.6 Å². The molecule has 4 heteroatoms. The first kappa shape index (κ1) is 9.92. The Morgan fingerprint density at radius 3 is 2.33 bits per heavy atom. The molecule has 0 aromatic rings. The first-order valence-corrected chi connectivity index (χ1v) is 4.10. The second kappa shape index (κ2) is 3.30. The van der Waals surface area contributed by atoms with Crippen molar-refractivity contribution < 1.29 is 19.7 Å². The third kappa shape index (κ3) is 2.17.